The van der Waals surface area contributed by atoms with E-state index in [1.807, 2.05) is 19.0 Å². The van der Waals surface area contributed by atoms with E-state index < -0.39 is 5.82 Å². The van der Waals surface area contributed by atoms with Gasteiger partial charge in [0.1, 0.15) is 11.6 Å². The van der Waals surface area contributed by atoms with Gasteiger partial charge in [-0.2, -0.15) is 0 Å². The van der Waals surface area contributed by atoms with Gasteiger partial charge in [-0.25, -0.2) is 8.78 Å². The van der Waals surface area contributed by atoms with Crippen molar-refractivity contribution in [1.29, 1.82) is 0 Å². The summed E-state index contributed by atoms with van der Waals surface area (Å²) in [7, 11) is 3.64. The Bertz CT molecular complexity index is 328. The SMILES string of the molecule is CN(C)C(CCCl)c1cc(F)ccc1F. The molecule has 0 bridgehead atoms. The van der Waals surface area contributed by atoms with Crippen molar-refractivity contribution in [2.24, 2.45) is 0 Å². The molecule has 1 aromatic rings. The van der Waals surface area contributed by atoms with Crippen LogP contribution in [0.5, 0.6) is 0 Å². The van der Waals surface area contributed by atoms with E-state index in [1.165, 1.54) is 6.07 Å². The molecule has 1 atom stereocenters. The molecular formula is C11H14ClF2N. The summed E-state index contributed by atoms with van der Waals surface area (Å²) in [4.78, 5) is 1.83. The third-order valence-electron chi connectivity index (χ3n) is 2.32. The molecule has 0 aromatic heterocycles. The third kappa shape index (κ3) is 3.14. The standard InChI is InChI=1S/C11H14ClF2N/c1-15(2)11(5-6-12)9-7-8(13)3-4-10(9)14/h3-4,7,11H,5-6H2,1-2H3. The van der Waals surface area contributed by atoms with Crippen molar-refractivity contribution in [3.63, 3.8) is 0 Å². The predicted octanol–water partition coefficient (Wildman–Crippen LogP) is 3.20. The fourth-order valence-electron chi connectivity index (χ4n) is 1.57. The van der Waals surface area contributed by atoms with Crippen LogP contribution >= 0.6 is 11.6 Å². The van der Waals surface area contributed by atoms with Crippen LogP contribution in [0.1, 0.15) is 18.0 Å². The lowest BCUT2D eigenvalue weighted by Gasteiger charge is -2.24. The molecule has 0 spiro atoms. The first-order valence-electron chi connectivity index (χ1n) is 4.73. The Morgan fingerprint density at radius 3 is 2.53 bits per heavy atom. The Labute approximate surface area is 93.7 Å². The normalized spacial score (nSPS) is 13.2. The van der Waals surface area contributed by atoms with Crippen LogP contribution in [0.15, 0.2) is 18.2 Å². The molecule has 0 aliphatic heterocycles. The lowest BCUT2D eigenvalue weighted by atomic mass is 10.0. The van der Waals surface area contributed by atoms with Crippen LogP contribution in [0.2, 0.25) is 0 Å². The summed E-state index contributed by atoms with van der Waals surface area (Å²) < 4.78 is 26.5. The van der Waals surface area contributed by atoms with Gasteiger partial charge in [0, 0.05) is 17.5 Å². The first-order valence-corrected chi connectivity index (χ1v) is 5.27. The van der Waals surface area contributed by atoms with E-state index >= 15 is 0 Å². The van der Waals surface area contributed by atoms with E-state index in [9.17, 15) is 8.78 Å². The Hall–Kier alpha value is -0.670. The van der Waals surface area contributed by atoms with Gasteiger partial charge in [-0.05, 0) is 38.7 Å². The number of benzene rings is 1. The summed E-state index contributed by atoms with van der Waals surface area (Å²) >= 11 is 5.64. The molecule has 0 aliphatic carbocycles. The average molecular weight is 234 g/mol. The lowest BCUT2D eigenvalue weighted by Crippen LogP contribution is -2.21. The van der Waals surface area contributed by atoms with E-state index in [0.717, 1.165) is 12.1 Å². The number of rotatable bonds is 4. The molecule has 0 amide bonds. The second-order valence-corrected chi connectivity index (χ2v) is 4.00. The molecule has 0 saturated heterocycles. The first kappa shape index (κ1) is 12.4. The van der Waals surface area contributed by atoms with Crippen LogP contribution in [0.4, 0.5) is 8.78 Å². The molecule has 0 saturated carbocycles. The van der Waals surface area contributed by atoms with Gasteiger partial charge in [-0.3, -0.25) is 0 Å². The molecule has 0 aliphatic rings. The maximum atomic E-state index is 13.5. The minimum Gasteiger partial charge on any atom is -0.302 e. The number of hydrogen-bond donors (Lipinski definition) is 0. The Morgan fingerprint density at radius 2 is 2.00 bits per heavy atom. The number of nitrogens with zero attached hydrogens (tertiary/aromatic N) is 1. The van der Waals surface area contributed by atoms with Crippen LogP contribution < -0.4 is 0 Å². The topological polar surface area (TPSA) is 3.24 Å². The monoisotopic (exact) mass is 233 g/mol. The molecule has 1 unspecified atom stereocenters. The summed E-state index contributed by atoms with van der Waals surface area (Å²) in [5.41, 5.74) is 0.362. The molecule has 0 fully saturated rings. The van der Waals surface area contributed by atoms with Crippen molar-refractivity contribution in [2.75, 3.05) is 20.0 Å². The Morgan fingerprint density at radius 1 is 1.33 bits per heavy atom. The van der Waals surface area contributed by atoms with Crippen molar-refractivity contribution in [1.82, 2.24) is 4.90 Å². The summed E-state index contributed by atoms with van der Waals surface area (Å²) in [6.45, 7) is 0. The number of alkyl halides is 1. The van der Waals surface area contributed by atoms with Gasteiger partial charge in [0.05, 0.1) is 0 Å². The molecule has 0 heterocycles. The van der Waals surface area contributed by atoms with Gasteiger partial charge >= 0.3 is 0 Å². The van der Waals surface area contributed by atoms with E-state index in [2.05, 4.69) is 0 Å². The fraction of sp³-hybridized carbons (Fsp3) is 0.455. The van der Waals surface area contributed by atoms with E-state index in [0.29, 0.717) is 17.9 Å². The molecule has 0 radical (unpaired) electrons. The van der Waals surface area contributed by atoms with Crippen LogP contribution in [0.25, 0.3) is 0 Å². The van der Waals surface area contributed by atoms with Gasteiger partial charge in [0.15, 0.2) is 0 Å². The van der Waals surface area contributed by atoms with E-state index in [-0.39, 0.29) is 11.9 Å². The van der Waals surface area contributed by atoms with Gasteiger partial charge in [0.2, 0.25) is 0 Å². The summed E-state index contributed by atoms with van der Waals surface area (Å²) in [5.74, 6) is -0.397. The van der Waals surface area contributed by atoms with Crippen molar-refractivity contribution in [2.45, 2.75) is 12.5 Å². The van der Waals surface area contributed by atoms with Crippen LogP contribution in [-0.2, 0) is 0 Å². The zero-order valence-corrected chi connectivity index (χ0v) is 9.56. The third-order valence-corrected chi connectivity index (χ3v) is 2.54. The highest BCUT2D eigenvalue weighted by atomic mass is 35.5. The van der Waals surface area contributed by atoms with Crippen molar-refractivity contribution in [3.8, 4) is 0 Å². The Balaban J connectivity index is 3.04. The molecule has 1 rings (SSSR count). The number of halogens is 3. The summed E-state index contributed by atoms with van der Waals surface area (Å²) in [5, 5.41) is 0. The number of hydrogen-bond acceptors (Lipinski definition) is 1. The maximum absolute atomic E-state index is 13.5. The fourth-order valence-corrected chi connectivity index (χ4v) is 1.77. The predicted molar refractivity (Wildman–Crippen MR) is 58.1 cm³/mol. The summed E-state index contributed by atoms with van der Waals surface area (Å²) in [6.07, 6.45) is 0.592. The molecular weight excluding hydrogens is 220 g/mol. The lowest BCUT2D eigenvalue weighted by molar-refractivity contribution is 0.285. The van der Waals surface area contributed by atoms with Gasteiger partial charge in [-0.15, -0.1) is 11.6 Å². The first-order chi connectivity index (χ1) is 7.06. The minimum absolute atomic E-state index is 0.182. The summed E-state index contributed by atoms with van der Waals surface area (Å²) in [6, 6.07) is 3.31. The zero-order chi connectivity index (χ0) is 11.4. The largest absolute Gasteiger partial charge is 0.302 e. The maximum Gasteiger partial charge on any atom is 0.128 e. The van der Waals surface area contributed by atoms with Crippen LogP contribution in [0, 0.1) is 11.6 Å². The molecule has 4 heteroatoms. The van der Waals surface area contributed by atoms with Gasteiger partial charge in [0.25, 0.3) is 0 Å². The molecule has 0 N–H and O–H groups in total. The second kappa shape index (κ2) is 5.42. The van der Waals surface area contributed by atoms with Crippen molar-refractivity contribution < 1.29 is 8.78 Å². The Kier molecular flexibility index (Phi) is 4.48. The zero-order valence-electron chi connectivity index (χ0n) is 8.80. The average Bonchev–Trinajstić information content (AvgIpc) is 2.18. The molecule has 1 nitrogen and oxygen atoms in total. The highest BCUT2D eigenvalue weighted by Crippen LogP contribution is 2.25. The van der Waals surface area contributed by atoms with Gasteiger partial charge < -0.3 is 4.90 Å². The van der Waals surface area contributed by atoms with E-state index in [1.54, 1.807) is 0 Å². The highest BCUT2D eigenvalue weighted by molar-refractivity contribution is 6.17. The van der Waals surface area contributed by atoms with Crippen LogP contribution in [0.3, 0.4) is 0 Å². The highest BCUT2D eigenvalue weighted by Gasteiger charge is 2.17. The smallest absolute Gasteiger partial charge is 0.128 e. The van der Waals surface area contributed by atoms with Crippen LogP contribution in [-0.4, -0.2) is 24.9 Å². The van der Waals surface area contributed by atoms with Crippen molar-refractivity contribution >= 4 is 11.6 Å². The van der Waals surface area contributed by atoms with E-state index in [4.69, 9.17) is 11.6 Å². The van der Waals surface area contributed by atoms with Crippen molar-refractivity contribution in [3.05, 3.63) is 35.4 Å². The molecule has 15 heavy (non-hydrogen) atoms. The molecule has 1 aromatic carbocycles. The minimum atomic E-state index is -0.423. The second-order valence-electron chi connectivity index (χ2n) is 3.62. The van der Waals surface area contributed by atoms with Gasteiger partial charge in [-0.1, -0.05) is 0 Å². The molecule has 84 valence electrons. The quantitative estimate of drug-likeness (QED) is 0.722.